The van der Waals surface area contributed by atoms with Gasteiger partial charge in [-0.25, -0.2) is 4.98 Å². The number of fused-ring (bicyclic) bond motifs is 1. The number of nitrogens with one attached hydrogen (secondary N) is 2. The molecule has 0 unspecified atom stereocenters. The molecule has 1 saturated heterocycles. The monoisotopic (exact) mass is 413 g/mol. The van der Waals surface area contributed by atoms with Crippen LogP contribution in [-0.4, -0.2) is 44.9 Å². The summed E-state index contributed by atoms with van der Waals surface area (Å²) < 4.78 is 1.86. The summed E-state index contributed by atoms with van der Waals surface area (Å²) in [6.07, 6.45) is 7.32. The normalized spacial score (nSPS) is 21.4. The lowest BCUT2D eigenvalue weighted by molar-refractivity contribution is -0.127. The Hall–Kier alpha value is -2.64. The van der Waals surface area contributed by atoms with Gasteiger partial charge in [-0.05, 0) is 38.4 Å². The third-order valence-corrected chi connectivity index (χ3v) is 5.86. The van der Waals surface area contributed by atoms with Crippen LogP contribution in [0.15, 0.2) is 42.6 Å². The molecule has 0 radical (unpaired) electrons. The van der Waals surface area contributed by atoms with Crippen LogP contribution in [0.4, 0.5) is 5.69 Å². The fraction of sp³-hybridized carbons (Fsp3) is 0.381. The van der Waals surface area contributed by atoms with Crippen molar-refractivity contribution in [2.24, 2.45) is 0 Å². The second kappa shape index (κ2) is 8.00. The number of rotatable bonds is 4. The van der Waals surface area contributed by atoms with E-state index in [1.807, 2.05) is 22.8 Å². The first-order valence-electron chi connectivity index (χ1n) is 9.79. The number of aromatic nitrogens is 2. The summed E-state index contributed by atoms with van der Waals surface area (Å²) in [7, 11) is 0. The molecule has 0 aliphatic carbocycles. The highest BCUT2D eigenvalue weighted by atomic mass is 35.5. The molecule has 2 aromatic rings. The number of carbonyl (C=O) groups excluding carboxylic acids is 2. The topological polar surface area (TPSA) is 79.3 Å². The number of nitrogens with zero attached hydrogens (tertiary/aromatic N) is 3. The summed E-state index contributed by atoms with van der Waals surface area (Å²) in [5, 5.41) is 6.72. The standard InChI is InChI=1S/C21H24ClN5O2/c1-21(8-4-10-24-21)9-7-19(28)26-11-12-27-17(13-23-18(27)14-26)20(29)25-16-6-3-2-5-15(16)22/h2-3,5-7,9,13,24H,4,8,10-12,14H2,1H3,(H,25,29)/b9-7+/t21-/m1/s1. The first-order valence-corrected chi connectivity index (χ1v) is 10.2. The largest absolute Gasteiger partial charge is 0.330 e. The average Bonchev–Trinajstić information content (AvgIpc) is 3.34. The number of benzene rings is 1. The molecule has 2 aliphatic heterocycles. The third-order valence-electron chi connectivity index (χ3n) is 5.53. The molecule has 2 amide bonds. The van der Waals surface area contributed by atoms with Gasteiger partial charge in [0, 0.05) is 24.7 Å². The molecule has 2 aliphatic rings. The van der Waals surface area contributed by atoms with E-state index in [9.17, 15) is 9.59 Å². The quantitative estimate of drug-likeness (QED) is 0.755. The highest BCUT2D eigenvalue weighted by molar-refractivity contribution is 6.33. The van der Waals surface area contributed by atoms with Crippen molar-refractivity contribution in [3.8, 4) is 0 Å². The summed E-state index contributed by atoms with van der Waals surface area (Å²) in [5.41, 5.74) is 0.917. The van der Waals surface area contributed by atoms with Crippen LogP contribution in [-0.2, 0) is 17.9 Å². The summed E-state index contributed by atoms with van der Waals surface area (Å²) in [6, 6.07) is 7.09. The predicted molar refractivity (Wildman–Crippen MR) is 112 cm³/mol. The van der Waals surface area contributed by atoms with Gasteiger partial charge in [0.25, 0.3) is 5.91 Å². The SMILES string of the molecule is C[C@]1(/C=C/C(=O)N2CCn3c(C(=O)Nc4ccccc4Cl)cnc3C2)CCCN1. The fourth-order valence-corrected chi connectivity index (χ4v) is 3.98. The highest BCUT2D eigenvalue weighted by Crippen LogP contribution is 2.23. The molecule has 29 heavy (non-hydrogen) atoms. The first kappa shape index (κ1) is 19.7. The number of amides is 2. The minimum atomic E-state index is -0.267. The Bertz CT molecular complexity index is 962. The summed E-state index contributed by atoms with van der Waals surface area (Å²) in [6.45, 7) is 4.53. The molecule has 152 valence electrons. The van der Waals surface area contributed by atoms with E-state index >= 15 is 0 Å². The zero-order chi connectivity index (χ0) is 20.4. The van der Waals surface area contributed by atoms with E-state index < -0.39 is 0 Å². The van der Waals surface area contributed by atoms with E-state index in [0.29, 0.717) is 41.9 Å². The second-order valence-corrected chi connectivity index (χ2v) is 8.09. The van der Waals surface area contributed by atoms with Crippen molar-refractivity contribution >= 4 is 29.1 Å². The first-order chi connectivity index (χ1) is 14.0. The summed E-state index contributed by atoms with van der Waals surface area (Å²) >= 11 is 6.12. The van der Waals surface area contributed by atoms with Gasteiger partial charge in [0.15, 0.2) is 0 Å². The average molecular weight is 414 g/mol. The molecule has 1 aromatic carbocycles. The van der Waals surface area contributed by atoms with Crippen LogP contribution in [0.3, 0.4) is 0 Å². The molecule has 4 rings (SSSR count). The smallest absolute Gasteiger partial charge is 0.273 e. The summed E-state index contributed by atoms with van der Waals surface area (Å²) in [5.74, 6) is 0.403. The fourth-order valence-electron chi connectivity index (χ4n) is 3.80. The van der Waals surface area contributed by atoms with E-state index in [-0.39, 0.29) is 17.4 Å². The second-order valence-electron chi connectivity index (χ2n) is 7.69. The molecule has 1 atom stereocenters. The van der Waals surface area contributed by atoms with Crippen LogP contribution in [0.5, 0.6) is 0 Å². The predicted octanol–water partition coefficient (Wildman–Crippen LogP) is 2.83. The van der Waals surface area contributed by atoms with Crippen LogP contribution < -0.4 is 10.6 Å². The van der Waals surface area contributed by atoms with Crippen molar-refractivity contribution in [2.75, 3.05) is 18.4 Å². The van der Waals surface area contributed by atoms with Gasteiger partial charge in [0.2, 0.25) is 5.91 Å². The van der Waals surface area contributed by atoms with Crippen LogP contribution in [0.1, 0.15) is 36.1 Å². The Morgan fingerprint density at radius 1 is 1.31 bits per heavy atom. The van der Waals surface area contributed by atoms with Gasteiger partial charge < -0.3 is 20.1 Å². The maximum atomic E-state index is 12.7. The molecule has 8 heteroatoms. The van der Waals surface area contributed by atoms with E-state index in [1.54, 1.807) is 29.3 Å². The van der Waals surface area contributed by atoms with Crippen LogP contribution in [0.2, 0.25) is 5.02 Å². The number of para-hydroxylation sites is 1. The molecule has 0 bridgehead atoms. The number of anilines is 1. The molecule has 3 heterocycles. The highest BCUT2D eigenvalue weighted by Gasteiger charge is 2.27. The maximum Gasteiger partial charge on any atom is 0.273 e. The maximum absolute atomic E-state index is 12.7. The van der Waals surface area contributed by atoms with Crippen molar-refractivity contribution in [1.82, 2.24) is 19.8 Å². The van der Waals surface area contributed by atoms with Crippen LogP contribution in [0, 0.1) is 0 Å². The van der Waals surface area contributed by atoms with E-state index in [1.165, 1.54) is 0 Å². The zero-order valence-electron chi connectivity index (χ0n) is 16.3. The lowest BCUT2D eigenvalue weighted by Crippen LogP contribution is -2.39. The Morgan fingerprint density at radius 2 is 2.14 bits per heavy atom. The van der Waals surface area contributed by atoms with Crippen molar-refractivity contribution in [3.05, 3.63) is 59.2 Å². The molecule has 1 fully saturated rings. The van der Waals surface area contributed by atoms with E-state index in [4.69, 9.17) is 11.6 Å². The summed E-state index contributed by atoms with van der Waals surface area (Å²) in [4.78, 5) is 31.4. The minimum absolute atomic E-state index is 0.0313. The lowest BCUT2D eigenvalue weighted by Gasteiger charge is -2.28. The molecule has 0 saturated carbocycles. The third kappa shape index (κ3) is 4.21. The molecule has 7 nitrogen and oxygen atoms in total. The Balaban J connectivity index is 1.43. The molecule has 2 N–H and O–H groups in total. The molecular weight excluding hydrogens is 390 g/mol. The zero-order valence-corrected chi connectivity index (χ0v) is 17.1. The number of halogens is 1. The van der Waals surface area contributed by atoms with Crippen molar-refractivity contribution in [2.45, 2.75) is 38.4 Å². The number of hydrogen-bond acceptors (Lipinski definition) is 4. The number of hydrogen-bond donors (Lipinski definition) is 2. The Kier molecular flexibility index (Phi) is 5.43. The van der Waals surface area contributed by atoms with Gasteiger partial charge in [-0.2, -0.15) is 0 Å². The Morgan fingerprint density at radius 3 is 2.90 bits per heavy atom. The lowest BCUT2D eigenvalue weighted by atomic mass is 10.00. The molecule has 0 spiro atoms. The number of carbonyl (C=O) groups is 2. The van der Waals surface area contributed by atoms with Crippen molar-refractivity contribution in [1.29, 1.82) is 0 Å². The van der Waals surface area contributed by atoms with Gasteiger partial charge in [-0.1, -0.05) is 29.8 Å². The van der Waals surface area contributed by atoms with Crippen molar-refractivity contribution in [3.63, 3.8) is 0 Å². The minimum Gasteiger partial charge on any atom is -0.330 e. The van der Waals surface area contributed by atoms with Gasteiger partial charge >= 0.3 is 0 Å². The van der Waals surface area contributed by atoms with E-state index in [0.717, 1.165) is 19.4 Å². The molecule has 1 aromatic heterocycles. The van der Waals surface area contributed by atoms with Gasteiger partial charge in [0.05, 0.1) is 23.5 Å². The number of imidazole rings is 1. The Labute approximate surface area is 174 Å². The van der Waals surface area contributed by atoms with Crippen LogP contribution >= 0.6 is 11.6 Å². The van der Waals surface area contributed by atoms with Crippen molar-refractivity contribution < 1.29 is 9.59 Å². The van der Waals surface area contributed by atoms with Gasteiger partial charge in [-0.3, -0.25) is 9.59 Å². The van der Waals surface area contributed by atoms with Crippen LogP contribution in [0.25, 0.3) is 0 Å². The van der Waals surface area contributed by atoms with Gasteiger partial charge in [0.1, 0.15) is 11.5 Å². The van der Waals surface area contributed by atoms with E-state index in [2.05, 4.69) is 22.5 Å². The molecular formula is C21H24ClN5O2. The van der Waals surface area contributed by atoms with Gasteiger partial charge in [-0.15, -0.1) is 0 Å².